The van der Waals surface area contributed by atoms with Crippen molar-refractivity contribution < 1.29 is 18.0 Å². The molecule has 3 aromatic rings. The highest BCUT2D eigenvalue weighted by atomic mass is 35.5. The van der Waals surface area contributed by atoms with Gasteiger partial charge in [-0.15, -0.1) is 0 Å². The van der Waals surface area contributed by atoms with E-state index in [4.69, 9.17) is 23.2 Å². The number of halogens is 2. The lowest BCUT2D eigenvalue weighted by molar-refractivity contribution is -0.139. The molecule has 208 valence electrons. The van der Waals surface area contributed by atoms with Crippen molar-refractivity contribution in [2.45, 2.75) is 45.2 Å². The monoisotopic (exact) mass is 589 g/mol. The zero-order valence-corrected chi connectivity index (χ0v) is 24.7. The van der Waals surface area contributed by atoms with E-state index in [1.165, 1.54) is 17.0 Å². The molecule has 0 aliphatic rings. The van der Waals surface area contributed by atoms with Gasteiger partial charge in [0.1, 0.15) is 12.6 Å². The lowest BCUT2D eigenvalue weighted by atomic mass is 10.1. The van der Waals surface area contributed by atoms with Gasteiger partial charge in [0.25, 0.3) is 10.0 Å². The average molecular weight is 591 g/mol. The third kappa shape index (κ3) is 7.75. The van der Waals surface area contributed by atoms with E-state index in [-0.39, 0.29) is 23.3 Å². The molecule has 0 fully saturated rings. The summed E-state index contributed by atoms with van der Waals surface area (Å²) in [6.45, 7) is 7.23. The Hall–Kier alpha value is -3.07. The average Bonchev–Trinajstić information content (AvgIpc) is 2.90. The molecule has 3 aromatic carbocycles. The van der Waals surface area contributed by atoms with Crippen LogP contribution in [0.1, 0.15) is 31.9 Å². The maximum atomic E-state index is 14.0. The molecule has 0 unspecified atom stereocenters. The molecule has 2 amide bonds. The molecule has 0 aliphatic carbocycles. The molecule has 7 nitrogen and oxygen atoms in total. The molecule has 3 rings (SSSR count). The largest absolute Gasteiger partial charge is 0.354 e. The fourth-order valence-corrected chi connectivity index (χ4v) is 5.91. The Labute approximate surface area is 240 Å². The summed E-state index contributed by atoms with van der Waals surface area (Å²) in [5, 5.41) is 3.63. The summed E-state index contributed by atoms with van der Waals surface area (Å²) in [5.74, 6) is -0.699. The minimum absolute atomic E-state index is 0.0158. The van der Waals surface area contributed by atoms with Crippen molar-refractivity contribution in [2.24, 2.45) is 5.92 Å². The second kappa shape index (κ2) is 13.3. The lowest BCUT2D eigenvalue weighted by Crippen LogP contribution is -2.51. The summed E-state index contributed by atoms with van der Waals surface area (Å²) < 4.78 is 28.7. The molecule has 0 bridgehead atoms. The third-order valence-electron chi connectivity index (χ3n) is 6.20. The molecule has 1 atom stereocenters. The van der Waals surface area contributed by atoms with Crippen LogP contribution in [0.4, 0.5) is 5.69 Å². The molecule has 0 saturated heterocycles. The minimum Gasteiger partial charge on any atom is -0.354 e. The van der Waals surface area contributed by atoms with Gasteiger partial charge in [-0.1, -0.05) is 79.5 Å². The molecule has 10 heteroatoms. The highest BCUT2D eigenvalue weighted by Gasteiger charge is 2.33. The highest BCUT2D eigenvalue weighted by molar-refractivity contribution is 7.92. The third-order valence-corrected chi connectivity index (χ3v) is 8.56. The van der Waals surface area contributed by atoms with E-state index in [1.807, 2.05) is 13.8 Å². The van der Waals surface area contributed by atoms with Crippen LogP contribution in [-0.2, 0) is 26.2 Å². The van der Waals surface area contributed by atoms with Gasteiger partial charge >= 0.3 is 0 Å². The number of nitrogens with one attached hydrogen (secondary N) is 1. The zero-order valence-electron chi connectivity index (χ0n) is 22.4. The Morgan fingerprint density at radius 3 is 2.18 bits per heavy atom. The summed E-state index contributed by atoms with van der Waals surface area (Å²) in [7, 11) is -4.12. The summed E-state index contributed by atoms with van der Waals surface area (Å²) in [6.07, 6.45) is 0. The maximum Gasteiger partial charge on any atom is 0.264 e. The van der Waals surface area contributed by atoms with Crippen molar-refractivity contribution in [3.05, 3.63) is 94.0 Å². The first-order valence-electron chi connectivity index (χ1n) is 12.6. The Kier molecular flexibility index (Phi) is 10.4. The van der Waals surface area contributed by atoms with Crippen LogP contribution in [-0.4, -0.2) is 44.3 Å². The van der Waals surface area contributed by atoms with Crippen LogP contribution in [0.3, 0.4) is 0 Å². The predicted octanol–water partition coefficient (Wildman–Crippen LogP) is 5.69. The van der Waals surface area contributed by atoms with Crippen LogP contribution in [0.25, 0.3) is 0 Å². The lowest BCUT2D eigenvalue weighted by Gasteiger charge is -2.32. The number of carbonyl (C=O) groups excluding carboxylic acids is 2. The molecule has 0 saturated carbocycles. The van der Waals surface area contributed by atoms with Crippen molar-refractivity contribution in [1.29, 1.82) is 0 Å². The van der Waals surface area contributed by atoms with Gasteiger partial charge in [-0.25, -0.2) is 8.42 Å². The number of benzene rings is 3. The van der Waals surface area contributed by atoms with Crippen molar-refractivity contribution in [3.63, 3.8) is 0 Å². The van der Waals surface area contributed by atoms with Crippen molar-refractivity contribution in [3.8, 4) is 0 Å². The van der Waals surface area contributed by atoms with E-state index in [0.29, 0.717) is 33.4 Å². The van der Waals surface area contributed by atoms with E-state index >= 15 is 0 Å². The fraction of sp³-hybridized carbons (Fsp3) is 0.310. The van der Waals surface area contributed by atoms with Crippen LogP contribution < -0.4 is 9.62 Å². The van der Waals surface area contributed by atoms with Crippen LogP contribution in [0.15, 0.2) is 77.7 Å². The van der Waals surface area contributed by atoms with E-state index in [9.17, 15) is 18.0 Å². The van der Waals surface area contributed by atoms with Crippen molar-refractivity contribution >= 4 is 50.7 Å². The number of rotatable bonds is 11. The molecule has 0 aromatic heterocycles. The van der Waals surface area contributed by atoms with Gasteiger partial charge in [0.15, 0.2) is 0 Å². The normalized spacial score (nSPS) is 12.2. The first kappa shape index (κ1) is 30.5. The zero-order chi connectivity index (χ0) is 28.7. The Morgan fingerprint density at radius 1 is 0.923 bits per heavy atom. The van der Waals surface area contributed by atoms with Gasteiger partial charge in [-0.3, -0.25) is 13.9 Å². The van der Waals surface area contributed by atoms with Crippen LogP contribution in [0.2, 0.25) is 10.0 Å². The van der Waals surface area contributed by atoms with Gasteiger partial charge in [-0.2, -0.15) is 0 Å². The number of nitrogens with zero attached hydrogens (tertiary/aromatic N) is 2. The van der Waals surface area contributed by atoms with Crippen molar-refractivity contribution in [1.82, 2.24) is 10.2 Å². The molecule has 0 heterocycles. The van der Waals surface area contributed by atoms with Gasteiger partial charge < -0.3 is 10.2 Å². The second-order valence-corrected chi connectivity index (χ2v) is 12.4. The Morgan fingerprint density at radius 2 is 1.56 bits per heavy atom. The van der Waals surface area contributed by atoms with Crippen LogP contribution in [0.5, 0.6) is 0 Å². The first-order chi connectivity index (χ1) is 18.4. The summed E-state index contributed by atoms with van der Waals surface area (Å²) in [5.41, 5.74) is 1.63. The summed E-state index contributed by atoms with van der Waals surface area (Å²) in [4.78, 5) is 28.4. The number of aryl methyl sites for hydroxylation is 1. The van der Waals surface area contributed by atoms with E-state index in [0.717, 1.165) is 4.31 Å². The minimum atomic E-state index is -4.12. The molecule has 39 heavy (non-hydrogen) atoms. The molecule has 0 radical (unpaired) electrons. The summed E-state index contributed by atoms with van der Waals surface area (Å²) >= 11 is 12.5. The van der Waals surface area contributed by atoms with Crippen LogP contribution in [0, 0.1) is 12.8 Å². The van der Waals surface area contributed by atoms with E-state index in [2.05, 4.69) is 5.32 Å². The quantitative estimate of drug-likeness (QED) is 0.311. The predicted molar refractivity (Wildman–Crippen MR) is 156 cm³/mol. The van der Waals surface area contributed by atoms with Crippen LogP contribution >= 0.6 is 23.2 Å². The molecule has 0 spiro atoms. The van der Waals surface area contributed by atoms with Gasteiger partial charge in [0, 0.05) is 23.1 Å². The Balaban J connectivity index is 2.03. The summed E-state index contributed by atoms with van der Waals surface area (Å²) in [6, 6.07) is 18.9. The standard InChI is InChI=1S/C29H33Cl2N3O4S/c1-20(2)17-32-29(36)22(4)33(18-23-14-15-24(30)16-26(23)31)28(35)19-34(27-13-9-8-10-21(27)3)39(37,38)25-11-6-5-7-12-25/h5-16,20,22H,17-19H2,1-4H3,(H,32,36)/t22-/m0/s1. The number of hydrogen-bond donors (Lipinski definition) is 1. The molecule has 1 N–H and O–H groups in total. The molecular weight excluding hydrogens is 557 g/mol. The topological polar surface area (TPSA) is 86.8 Å². The Bertz CT molecular complexity index is 1420. The second-order valence-electron chi connectivity index (χ2n) is 9.68. The van der Waals surface area contributed by atoms with E-state index in [1.54, 1.807) is 74.5 Å². The highest BCUT2D eigenvalue weighted by Crippen LogP contribution is 2.28. The number of anilines is 1. The SMILES string of the molecule is Cc1ccccc1N(CC(=O)N(Cc1ccc(Cl)cc1Cl)[C@@H](C)C(=O)NCC(C)C)S(=O)(=O)c1ccccc1. The molecular formula is C29H33Cl2N3O4S. The number of hydrogen-bond acceptors (Lipinski definition) is 4. The van der Waals surface area contributed by atoms with Gasteiger partial charge in [0.05, 0.1) is 10.6 Å². The van der Waals surface area contributed by atoms with E-state index < -0.39 is 28.5 Å². The fourth-order valence-electron chi connectivity index (χ4n) is 3.94. The van der Waals surface area contributed by atoms with Gasteiger partial charge in [-0.05, 0) is 61.2 Å². The smallest absolute Gasteiger partial charge is 0.264 e. The number of sulfonamides is 1. The molecule has 0 aliphatic heterocycles. The van der Waals surface area contributed by atoms with Gasteiger partial charge in [0.2, 0.25) is 11.8 Å². The number of para-hydroxylation sites is 1. The maximum absolute atomic E-state index is 14.0. The first-order valence-corrected chi connectivity index (χ1v) is 14.8. The van der Waals surface area contributed by atoms with Crippen molar-refractivity contribution in [2.75, 3.05) is 17.4 Å². The number of carbonyl (C=O) groups is 2. The number of amides is 2.